The predicted molar refractivity (Wildman–Crippen MR) is 95.5 cm³/mol. The smallest absolute Gasteiger partial charge is 0.316 e. The largest absolute Gasteiger partial charge is 0.457 e. The number of nitrogens with one attached hydrogen (secondary N) is 1. The molecule has 0 aliphatic heterocycles. The summed E-state index contributed by atoms with van der Waals surface area (Å²) in [6.45, 7) is 1.61. The Balaban J connectivity index is 1.58. The van der Waals surface area contributed by atoms with Crippen molar-refractivity contribution in [2.24, 2.45) is 0 Å². The van der Waals surface area contributed by atoms with Crippen molar-refractivity contribution in [3.05, 3.63) is 65.9 Å². The number of hydrogen-bond acceptors (Lipinski definition) is 4. The fourth-order valence-corrected chi connectivity index (χ4v) is 3.27. The number of aromatic amines is 1. The molecule has 0 radical (unpaired) electrons. The second kappa shape index (κ2) is 7.36. The second-order valence-electron chi connectivity index (χ2n) is 5.36. The molecule has 0 aliphatic carbocycles. The Morgan fingerprint density at radius 2 is 1.75 bits per heavy atom. The summed E-state index contributed by atoms with van der Waals surface area (Å²) in [4.78, 5) is 28.4. The fraction of sp³-hybridized carbons (Fsp3) is 0.158. The van der Waals surface area contributed by atoms with Crippen molar-refractivity contribution in [3.63, 3.8) is 0 Å². The lowest BCUT2D eigenvalue weighted by molar-refractivity contribution is -0.139. The Bertz CT molecular complexity index is 871. The summed E-state index contributed by atoms with van der Waals surface area (Å²) in [5.41, 5.74) is 2.29. The lowest BCUT2D eigenvalue weighted by atomic mass is 10.1. The number of aromatic nitrogens is 1. The number of benzene rings is 2. The molecule has 1 N–H and O–H groups in total. The van der Waals surface area contributed by atoms with Crippen LogP contribution in [0.2, 0.25) is 0 Å². The minimum atomic E-state index is -0.394. The van der Waals surface area contributed by atoms with Gasteiger partial charge in [0, 0.05) is 27.1 Å². The fourth-order valence-electron chi connectivity index (χ4n) is 2.55. The van der Waals surface area contributed by atoms with Gasteiger partial charge in [0.2, 0.25) is 5.78 Å². The number of Topliss-reactive ketones (excluding diaryl/α,β-unsaturated/α-hetero) is 1. The maximum atomic E-state index is 12.4. The number of thioether (sulfide) groups is 1. The van der Waals surface area contributed by atoms with Gasteiger partial charge in [0.1, 0.15) is 0 Å². The minimum absolute atomic E-state index is 0.185. The number of ketones is 1. The van der Waals surface area contributed by atoms with Crippen LogP contribution >= 0.6 is 11.8 Å². The summed E-state index contributed by atoms with van der Waals surface area (Å²) in [5, 5.41) is 0.856. The Kier molecular flexibility index (Phi) is 5.01. The molecule has 0 amide bonds. The van der Waals surface area contributed by atoms with Gasteiger partial charge in [0.25, 0.3) is 0 Å². The molecule has 0 atom stereocenters. The normalized spacial score (nSPS) is 10.7. The summed E-state index contributed by atoms with van der Waals surface area (Å²) in [6.07, 6.45) is 0. The van der Waals surface area contributed by atoms with Crippen molar-refractivity contribution in [1.82, 2.24) is 4.98 Å². The van der Waals surface area contributed by atoms with Crippen LogP contribution in [-0.2, 0) is 9.53 Å². The van der Waals surface area contributed by atoms with Crippen molar-refractivity contribution in [2.45, 2.75) is 11.8 Å². The first-order chi connectivity index (χ1) is 11.6. The van der Waals surface area contributed by atoms with Crippen molar-refractivity contribution in [3.8, 4) is 0 Å². The van der Waals surface area contributed by atoms with E-state index in [0.717, 1.165) is 21.5 Å². The predicted octanol–water partition coefficient (Wildman–Crippen LogP) is 3.99. The van der Waals surface area contributed by atoms with Crippen molar-refractivity contribution in [2.75, 3.05) is 12.4 Å². The standard InChI is InChI=1S/C19H17NO3S/c1-13-19(15-9-5-6-10-16(15)20-13)17(21)11-23-18(22)12-24-14-7-3-2-4-8-14/h2-10,20H,11-12H2,1H3. The Morgan fingerprint density at radius 3 is 2.54 bits per heavy atom. The molecule has 1 aromatic heterocycles. The molecule has 0 saturated heterocycles. The summed E-state index contributed by atoms with van der Waals surface area (Å²) < 4.78 is 5.13. The van der Waals surface area contributed by atoms with E-state index < -0.39 is 5.97 Å². The van der Waals surface area contributed by atoms with Crippen LogP contribution in [0.5, 0.6) is 0 Å². The van der Waals surface area contributed by atoms with E-state index >= 15 is 0 Å². The lowest BCUT2D eigenvalue weighted by Gasteiger charge is -2.05. The maximum Gasteiger partial charge on any atom is 0.316 e. The molecule has 0 fully saturated rings. The average molecular weight is 339 g/mol. The van der Waals surface area contributed by atoms with Crippen LogP contribution in [-0.4, -0.2) is 29.1 Å². The van der Waals surface area contributed by atoms with Gasteiger partial charge in [-0.15, -0.1) is 11.8 Å². The number of carbonyl (C=O) groups is 2. The first kappa shape index (κ1) is 16.3. The first-order valence-corrected chi connectivity index (χ1v) is 8.57. The van der Waals surface area contributed by atoms with Gasteiger partial charge in [-0.1, -0.05) is 36.4 Å². The molecule has 3 aromatic rings. The number of rotatable bonds is 6. The number of fused-ring (bicyclic) bond motifs is 1. The number of aryl methyl sites for hydroxylation is 1. The van der Waals surface area contributed by atoms with Crippen LogP contribution in [0, 0.1) is 6.92 Å². The van der Waals surface area contributed by atoms with E-state index in [-0.39, 0.29) is 18.1 Å². The zero-order valence-corrected chi connectivity index (χ0v) is 14.1. The van der Waals surface area contributed by atoms with Crippen molar-refractivity contribution in [1.29, 1.82) is 0 Å². The molecule has 5 heteroatoms. The van der Waals surface area contributed by atoms with E-state index in [4.69, 9.17) is 4.74 Å². The third-order valence-corrected chi connectivity index (χ3v) is 4.62. The molecule has 0 spiro atoms. The van der Waals surface area contributed by atoms with E-state index in [2.05, 4.69) is 4.98 Å². The molecule has 0 bridgehead atoms. The molecule has 0 aliphatic rings. The van der Waals surface area contributed by atoms with Gasteiger partial charge >= 0.3 is 5.97 Å². The van der Waals surface area contributed by atoms with Gasteiger partial charge < -0.3 is 9.72 Å². The lowest BCUT2D eigenvalue weighted by Crippen LogP contribution is -2.16. The summed E-state index contributed by atoms with van der Waals surface area (Å²) in [5.74, 6) is -0.401. The SMILES string of the molecule is Cc1[nH]c2ccccc2c1C(=O)COC(=O)CSc1ccccc1. The molecule has 0 unspecified atom stereocenters. The van der Waals surface area contributed by atoms with Crippen LogP contribution in [0.15, 0.2) is 59.5 Å². The Morgan fingerprint density at radius 1 is 1.04 bits per heavy atom. The van der Waals surface area contributed by atoms with Gasteiger partial charge in [-0.05, 0) is 25.1 Å². The van der Waals surface area contributed by atoms with E-state index in [1.165, 1.54) is 11.8 Å². The average Bonchev–Trinajstić information content (AvgIpc) is 2.94. The zero-order valence-electron chi connectivity index (χ0n) is 13.2. The monoisotopic (exact) mass is 339 g/mol. The van der Waals surface area contributed by atoms with E-state index in [1.807, 2.05) is 61.5 Å². The quantitative estimate of drug-likeness (QED) is 0.419. The summed E-state index contributed by atoms with van der Waals surface area (Å²) >= 11 is 1.39. The molecule has 4 nitrogen and oxygen atoms in total. The Hall–Kier alpha value is -2.53. The number of H-pyrrole nitrogens is 1. The second-order valence-corrected chi connectivity index (χ2v) is 6.40. The molecule has 24 heavy (non-hydrogen) atoms. The highest BCUT2D eigenvalue weighted by atomic mass is 32.2. The summed E-state index contributed by atoms with van der Waals surface area (Å²) in [6, 6.07) is 17.2. The van der Waals surface area contributed by atoms with Crippen LogP contribution in [0.25, 0.3) is 10.9 Å². The van der Waals surface area contributed by atoms with Crippen molar-refractivity contribution >= 4 is 34.4 Å². The Labute approximate surface area is 144 Å². The number of ether oxygens (including phenoxy) is 1. The maximum absolute atomic E-state index is 12.4. The van der Waals surface area contributed by atoms with Gasteiger partial charge in [-0.3, -0.25) is 9.59 Å². The topological polar surface area (TPSA) is 59.2 Å². The molecule has 122 valence electrons. The number of carbonyl (C=O) groups excluding carboxylic acids is 2. The van der Waals surface area contributed by atoms with Gasteiger partial charge in [0.05, 0.1) is 5.75 Å². The van der Waals surface area contributed by atoms with E-state index in [0.29, 0.717) is 5.56 Å². The van der Waals surface area contributed by atoms with Gasteiger partial charge in [-0.25, -0.2) is 0 Å². The van der Waals surface area contributed by atoms with Gasteiger partial charge in [0.15, 0.2) is 6.61 Å². The molecule has 2 aromatic carbocycles. The molecule has 0 saturated carbocycles. The molecule has 1 heterocycles. The first-order valence-electron chi connectivity index (χ1n) is 7.59. The highest BCUT2D eigenvalue weighted by Crippen LogP contribution is 2.22. The molecular formula is C19H17NO3S. The number of para-hydroxylation sites is 1. The highest BCUT2D eigenvalue weighted by Gasteiger charge is 2.17. The van der Waals surface area contributed by atoms with Gasteiger partial charge in [-0.2, -0.15) is 0 Å². The van der Waals surface area contributed by atoms with Crippen molar-refractivity contribution < 1.29 is 14.3 Å². The van der Waals surface area contributed by atoms with Crippen LogP contribution in [0.3, 0.4) is 0 Å². The van der Waals surface area contributed by atoms with Crippen LogP contribution < -0.4 is 0 Å². The third kappa shape index (κ3) is 3.68. The molecular weight excluding hydrogens is 322 g/mol. The van der Waals surface area contributed by atoms with Crippen LogP contribution in [0.4, 0.5) is 0 Å². The number of esters is 1. The van der Waals surface area contributed by atoms with Crippen LogP contribution in [0.1, 0.15) is 16.1 Å². The summed E-state index contributed by atoms with van der Waals surface area (Å²) in [7, 11) is 0. The zero-order chi connectivity index (χ0) is 16.9. The molecule has 3 rings (SSSR count). The van der Waals surface area contributed by atoms with E-state index in [1.54, 1.807) is 0 Å². The number of hydrogen-bond donors (Lipinski definition) is 1. The minimum Gasteiger partial charge on any atom is -0.457 e. The third-order valence-electron chi connectivity index (χ3n) is 3.64. The van der Waals surface area contributed by atoms with E-state index in [9.17, 15) is 9.59 Å². The highest BCUT2D eigenvalue weighted by molar-refractivity contribution is 8.00.